The highest BCUT2D eigenvalue weighted by molar-refractivity contribution is 6.30. The Bertz CT molecular complexity index is 617. The molecular formula is C21H28ClNO2. The third kappa shape index (κ3) is 3.53. The minimum atomic E-state index is -0.893. The molecule has 1 amide bonds. The van der Waals surface area contributed by atoms with E-state index in [2.05, 4.69) is 5.32 Å². The number of carbonyl (C=O) groups excluding carboxylic acids is 1. The number of carbonyl (C=O) groups is 1. The average molecular weight is 362 g/mol. The molecule has 0 radical (unpaired) electrons. The van der Waals surface area contributed by atoms with Crippen molar-refractivity contribution in [1.82, 2.24) is 5.32 Å². The molecule has 4 fully saturated rings. The van der Waals surface area contributed by atoms with E-state index in [-0.39, 0.29) is 5.91 Å². The van der Waals surface area contributed by atoms with Gasteiger partial charge in [-0.25, -0.2) is 0 Å². The lowest BCUT2D eigenvalue weighted by Gasteiger charge is -2.57. The van der Waals surface area contributed by atoms with Crippen molar-refractivity contribution in [2.75, 3.05) is 6.54 Å². The second-order valence-corrected chi connectivity index (χ2v) is 9.60. The van der Waals surface area contributed by atoms with Crippen LogP contribution in [0, 0.1) is 23.2 Å². The van der Waals surface area contributed by atoms with Gasteiger partial charge in [-0.2, -0.15) is 0 Å². The molecule has 136 valence electrons. The molecule has 4 saturated carbocycles. The van der Waals surface area contributed by atoms with E-state index in [1.54, 1.807) is 24.3 Å². The van der Waals surface area contributed by atoms with Crippen LogP contribution in [0.5, 0.6) is 5.75 Å². The molecule has 4 bridgehead atoms. The number of hydrogen-bond donors (Lipinski definition) is 1. The number of rotatable bonds is 5. The van der Waals surface area contributed by atoms with Crippen molar-refractivity contribution in [2.24, 2.45) is 23.2 Å². The molecule has 0 spiro atoms. The van der Waals surface area contributed by atoms with Gasteiger partial charge >= 0.3 is 0 Å². The van der Waals surface area contributed by atoms with Crippen molar-refractivity contribution in [2.45, 2.75) is 58.0 Å². The van der Waals surface area contributed by atoms with Crippen LogP contribution in [0.2, 0.25) is 5.02 Å². The zero-order valence-corrected chi connectivity index (χ0v) is 15.9. The van der Waals surface area contributed by atoms with Gasteiger partial charge in [-0.15, -0.1) is 0 Å². The topological polar surface area (TPSA) is 38.3 Å². The fraction of sp³-hybridized carbons (Fsp3) is 0.667. The van der Waals surface area contributed by atoms with Crippen molar-refractivity contribution < 1.29 is 9.53 Å². The molecule has 0 saturated heterocycles. The van der Waals surface area contributed by atoms with Crippen LogP contribution < -0.4 is 10.1 Å². The largest absolute Gasteiger partial charge is 0.478 e. The van der Waals surface area contributed by atoms with E-state index in [0.717, 1.165) is 24.3 Å². The monoisotopic (exact) mass is 361 g/mol. The molecule has 1 N–H and O–H groups in total. The number of ether oxygens (including phenoxy) is 1. The summed E-state index contributed by atoms with van der Waals surface area (Å²) in [5.74, 6) is 3.35. The van der Waals surface area contributed by atoms with E-state index >= 15 is 0 Å². The lowest BCUT2D eigenvalue weighted by molar-refractivity contribution is -0.136. The highest BCUT2D eigenvalue weighted by atomic mass is 35.5. The van der Waals surface area contributed by atoms with Gasteiger partial charge in [0.1, 0.15) is 5.75 Å². The maximum atomic E-state index is 12.8. The number of hydrogen-bond acceptors (Lipinski definition) is 2. The minimum absolute atomic E-state index is 0.0294. The number of halogens is 1. The molecule has 0 aromatic heterocycles. The second kappa shape index (κ2) is 6.19. The van der Waals surface area contributed by atoms with Crippen LogP contribution in [-0.4, -0.2) is 18.1 Å². The smallest absolute Gasteiger partial charge is 0.263 e. The number of benzene rings is 1. The van der Waals surface area contributed by atoms with Crippen LogP contribution in [0.1, 0.15) is 52.4 Å². The van der Waals surface area contributed by atoms with Gasteiger partial charge in [0.2, 0.25) is 0 Å². The lowest BCUT2D eigenvalue weighted by Crippen LogP contribution is -2.54. The van der Waals surface area contributed by atoms with E-state index in [4.69, 9.17) is 16.3 Å². The highest BCUT2D eigenvalue weighted by Gasteiger charge is 2.51. The average Bonchev–Trinajstić information content (AvgIpc) is 2.53. The van der Waals surface area contributed by atoms with Gasteiger partial charge in [0.25, 0.3) is 5.91 Å². The molecule has 4 aliphatic carbocycles. The van der Waals surface area contributed by atoms with Crippen LogP contribution in [0.25, 0.3) is 0 Å². The van der Waals surface area contributed by atoms with Crippen molar-refractivity contribution in [3.63, 3.8) is 0 Å². The predicted octanol–water partition coefficient (Wildman–Crippen LogP) is 4.83. The summed E-state index contributed by atoms with van der Waals surface area (Å²) in [4.78, 5) is 12.8. The van der Waals surface area contributed by atoms with Gasteiger partial charge in [0.15, 0.2) is 5.60 Å². The molecule has 25 heavy (non-hydrogen) atoms. The summed E-state index contributed by atoms with van der Waals surface area (Å²) in [7, 11) is 0. The summed E-state index contributed by atoms with van der Waals surface area (Å²) in [5.41, 5.74) is -0.545. The highest BCUT2D eigenvalue weighted by Crippen LogP contribution is 2.59. The summed E-state index contributed by atoms with van der Waals surface area (Å²) in [6.45, 7) is 4.47. The van der Waals surface area contributed by atoms with Gasteiger partial charge in [-0.05, 0) is 99.8 Å². The maximum absolute atomic E-state index is 12.8. The minimum Gasteiger partial charge on any atom is -0.478 e. The molecule has 1 aromatic carbocycles. The Morgan fingerprint density at radius 3 is 2.16 bits per heavy atom. The first-order valence-corrected chi connectivity index (χ1v) is 9.94. The third-order valence-electron chi connectivity index (χ3n) is 6.52. The van der Waals surface area contributed by atoms with Crippen molar-refractivity contribution in [3.05, 3.63) is 29.3 Å². The molecule has 5 rings (SSSR count). The zero-order chi connectivity index (χ0) is 17.7. The summed E-state index contributed by atoms with van der Waals surface area (Å²) in [6.07, 6.45) is 8.20. The Labute approximate surface area is 155 Å². The Kier molecular flexibility index (Phi) is 4.26. The van der Waals surface area contributed by atoms with Crippen LogP contribution in [0.15, 0.2) is 24.3 Å². The fourth-order valence-corrected chi connectivity index (χ4v) is 5.96. The van der Waals surface area contributed by atoms with Gasteiger partial charge in [-0.1, -0.05) is 11.6 Å². The quantitative estimate of drug-likeness (QED) is 0.815. The van der Waals surface area contributed by atoms with E-state index in [9.17, 15) is 4.79 Å². The molecule has 4 heteroatoms. The van der Waals surface area contributed by atoms with Gasteiger partial charge in [0.05, 0.1) is 0 Å². The van der Waals surface area contributed by atoms with Crippen LogP contribution in [-0.2, 0) is 4.79 Å². The lowest BCUT2D eigenvalue weighted by atomic mass is 9.49. The molecule has 0 atom stereocenters. The molecule has 0 unspecified atom stereocenters. The van der Waals surface area contributed by atoms with Gasteiger partial charge in [-0.3, -0.25) is 4.79 Å². The van der Waals surface area contributed by atoms with Crippen LogP contribution in [0.3, 0.4) is 0 Å². The summed E-state index contributed by atoms with van der Waals surface area (Å²) >= 11 is 5.91. The Balaban J connectivity index is 1.37. The second-order valence-electron chi connectivity index (χ2n) is 9.17. The van der Waals surface area contributed by atoms with E-state index < -0.39 is 5.60 Å². The first kappa shape index (κ1) is 17.2. The zero-order valence-electron chi connectivity index (χ0n) is 15.2. The number of nitrogens with one attached hydrogen (secondary N) is 1. The Hall–Kier alpha value is -1.22. The molecule has 1 aromatic rings. The molecule has 4 aliphatic rings. The predicted molar refractivity (Wildman–Crippen MR) is 99.8 cm³/mol. The van der Waals surface area contributed by atoms with Crippen molar-refractivity contribution >= 4 is 17.5 Å². The standard InChI is InChI=1S/C21H28ClNO2/c1-20(2,25-18-5-3-17(22)4-6-18)19(24)23-13-21-10-14-7-15(11-21)9-16(8-14)12-21/h3-6,14-16H,7-13H2,1-2H3,(H,23,24). The van der Waals surface area contributed by atoms with E-state index in [1.807, 2.05) is 13.8 Å². The summed E-state index contributed by atoms with van der Waals surface area (Å²) in [5, 5.41) is 3.88. The fourth-order valence-electron chi connectivity index (χ4n) is 5.83. The first-order chi connectivity index (χ1) is 11.8. The van der Waals surface area contributed by atoms with Crippen LogP contribution >= 0.6 is 11.6 Å². The molecule has 0 heterocycles. The summed E-state index contributed by atoms with van der Waals surface area (Å²) in [6, 6.07) is 7.16. The normalized spacial score (nSPS) is 33.3. The van der Waals surface area contributed by atoms with Crippen LogP contribution in [0.4, 0.5) is 0 Å². The van der Waals surface area contributed by atoms with Crippen molar-refractivity contribution in [3.8, 4) is 5.75 Å². The maximum Gasteiger partial charge on any atom is 0.263 e. The molecular weight excluding hydrogens is 334 g/mol. The van der Waals surface area contributed by atoms with E-state index in [1.165, 1.54) is 38.5 Å². The van der Waals surface area contributed by atoms with E-state index in [0.29, 0.717) is 16.2 Å². The number of amides is 1. The SMILES string of the molecule is CC(C)(Oc1ccc(Cl)cc1)C(=O)NCC12CC3CC(CC(C3)C1)C2. The Morgan fingerprint density at radius 2 is 1.64 bits per heavy atom. The van der Waals surface area contributed by atoms with Gasteiger partial charge in [0, 0.05) is 11.6 Å². The molecule has 3 nitrogen and oxygen atoms in total. The summed E-state index contributed by atoms with van der Waals surface area (Å²) < 4.78 is 5.92. The Morgan fingerprint density at radius 1 is 1.12 bits per heavy atom. The third-order valence-corrected chi connectivity index (χ3v) is 6.77. The molecule has 0 aliphatic heterocycles. The van der Waals surface area contributed by atoms with Crippen molar-refractivity contribution in [1.29, 1.82) is 0 Å². The first-order valence-electron chi connectivity index (χ1n) is 9.56. The van der Waals surface area contributed by atoms with Gasteiger partial charge < -0.3 is 10.1 Å².